The van der Waals surface area contributed by atoms with Crippen molar-refractivity contribution in [2.45, 2.75) is 68.2 Å². The lowest BCUT2D eigenvalue weighted by atomic mass is 9.70. The Hall–Kier alpha value is -3.36. The van der Waals surface area contributed by atoms with Gasteiger partial charge in [-0.15, -0.1) is 0 Å². The molecular weight excluding hydrogens is 598 g/mol. The van der Waals surface area contributed by atoms with Gasteiger partial charge in [0.1, 0.15) is 12.1 Å². The van der Waals surface area contributed by atoms with Gasteiger partial charge < -0.3 is 20.6 Å². The van der Waals surface area contributed by atoms with Gasteiger partial charge in [-0.25, -0.2) is 8.78 Å². The number of benzene rings is 2. The van der Waals surface area contributed by atoms with E-state index in [-0.39, 0.29) is 25.2 Å². The molecule has 2 bridgehead atoms. The minimum Gasteiger partial charge on any atom is -0.372 e. The van der Waals surface area contributed by atoms with Gasteiger partial charge in [0.15, 0.2) is 5.60 Å². The van der Waals surface area contributed by atoms with Gasteiger partial charge in [0, 0.05) is 40.5 Å². The van der Waals surface area contributed by atoms with Gasteiger partial charge in [-0.05, 0) is 55.4 Å². The van der Waals surface area contributed by atoms with Crippen molar-refractivity contribution in [2.75, 3.05) is 6.54 Å². The zero-order valence-electron chi connectivity index (χ0n) is 22.1. The standard InChI is InChI=1S/C30H29BrF2N4O4/c31-17-7-9-21-20-5-1-2-6-22(20)30(41,24(21)13-17)28(40)37-19-8-10-23(29(32,33)14-19)25(37)27(39)36-18(15-34)12-16-4-3-11-35-26(16)38/h1-2,5-7,9,13,16,18-19,23,25,41H,3-4,8,10-12,14H2,(H,35,38)(H,36,39)/t16-,18-,19-,23-,25+,30-/m0/s1. The Kier molecular flexibility index (Phi) is 6.90. The van der Waals surface area contributed by atoms with E-state index in [0.29, 0.717) is 39.7 Å². The van der Waals surface area contributed by atoms with Gasteiger partial charge in [-0.1, -0.05) is 46.3 Å². The van der Waals surface area contributed by atoms with Crippen molar-refractivity contribution in [3.63, 3.8) is 0 Å². The highest BCUT2D eigenvalue weighted by Crippen LogP contribution is 2.54. The third kappa shape index (κ3) is 4.43. The molecule has 3 heterocycles. The first-order valence-electron chi connectivity index (χ1n) is 13.9. The smallest absolute Gasteiger partial charge is 0.264 e. The molecule has 0 aromatic heterocycles. The van der Waals surface area contributed by atoms with Crippen molar-refractivity contribution in [1.29, 1.82) is 5.26 Å². The molecule has 0 radical (unpaired) electrons. The minimum absolute atomic E-state index is 0.0267. The number of rotatable bonds is 5. The third-order valence-corrected chi connectivity index (χ3v) is 9.61. The number of hydrogen-bond donors (Lipinski definition) is 3. The first-order chi connectivity index (χ1) is 19.6. The fourth-order valence-corrected chi connectivity index (χ4v) is 7.55. The van der Waals surface area contributed by atoms with Crippen molar-refractivity contribution in [2.24, 2.45) is 11.8 Å². The number of halogens is 3. The Bertz CT molecular complexity index is 1480. The van der Waals surface area contributed by atoms with Gasteiger partial charge in [0.05, 0.1) is 12.0 Å². The predicted octanol–water partition coefficient (Wildman–Crippen LogP) is 3.60. The number of carbonyl (C=O) groups is 3. The summed E-state index contributed by atoms with van der Waals surface area (Å²) in [6.07, 6.45) is 1.01. The molecule has 5 aliphatic rings. The van der Waals surface area contributed by atoms with Crippen LogP contribution in [0.4, 0.5) is 8.78 Å². The molecule has 8 nitrogen and oxygen atoms in total. The van der Waals surface area contributed by atoms with Crippen LogP contribution in [0.2, 0.25) is 0 Å². The van der Waals surface area contributed by atoms with Crippen LogP contribution in [0.5, 0.6) is 0 Å². The van der Waals surface area contributed by atoms with E-state index in [4.69, 9.17) is 0 Å². The highest BCUT2D eigenvalue weighted by atomic mass is 79.9. The molecule has 2 aliphatic carbocycles. The molecule has 3 N–H and O–H groups in total. The van der Waals surface area contributed by atoms with Crippen molar-refractivity contribution in [3.8, 4) is 17.2 Å². The molecule has 6 atom stereocenters. The summed E-state index contributed by atoms with van der Waals surface area (Å²) in [5.74, 6) is -7.09. The average molecular weight is 627 g/mol. The summed E-state index contributed by atoms with van der Waals surface area (Å²) >= 11 is 3.41. The molecule has 4 fully saturated rings. The second-order valence-electron chi connectivity index (χ2n) is 11.5. The number of nitrogens with zero attached hydrogens (tertiary/aromatic N) is 2. The zero-order valence-corrected chi connectivity index (χ0v) is 23.7. The molecule has 3 amide bonds. The summed E-state index contributed by atoms with van der Waals surface area (Å²) in [6, 6.07) is 10.4. The number of aliphatic hydroxyl groups is 1. The summed E-state index contributed by atoms with van der Waals surface area (Å²) < 4.78 is 31.2. The second-order valence-corrected chi connectivity index (χ2v) is 12.4. The maximum absolute atomic E-state index is 15.3. The minimum atomic E-state index is -3.20. The van der Waals surface area contributed by atoms with E-state index in [1.165, 1.54) is 0 Å². The first kappa shape index (κ1) is 27.8. The molecule has 41 heavy (non-hydrogen) atoms. The van der Waals surface area contributed by atoms with Crippen LogP contribution < -0.4 is 10.6 Å². The Balaban J connectivity index is 1.36. The van der Waals surface area contributed by atoms with Crippen LogP contribution in [-0.4, -0.2) is 58.3 Å². The van der Waals surface area contributed by atoms with Crippen LogP contribution in [0.1, 0.15) is 49.7 Å². The number of fused-ring (bicyclic) bond motifs is 6. The maximum atomic E-state index is 15.3. The van der Waals surface area contributed by atoms with E-state index < -0.39 is 59.7 Å². The van der Waals surface area contributed by atoms with E-state index in [2.05, 4.69) is 26.6 Å². The highest BCUT2D eigenvalue weighted by molar-refractivity contribution is 9.10. The molecule has 3 aliphatic heterocycles. The third-order valence-electron chi connectivity index (χ3n) is 9.12. The Morgan fingerprint density at radius 2 is 1.93 bits per heavy atom. The van der Waals surface area contributed by atoms with E-state index in [0.717, 1.165) is 11.3 Å². The van der Waals surface area contributed by atoms with Gasteiger partial charge in [-0.3, -0.25) is 14.4 Å². The van der Waals surface area contributed by atoms with Gasteiger partial charge in [0.2, 0.25) is 11.8 Å². The average Bonchev–Trinajstić information content (AvgIpc) is 3.21. The van der Waals surface area contributed by atoms with Crippen molar-refractivity contribution >= 4 is 33.7 Å². The lowest BCUT2D eigenvalue weighted by Crippen LogP contribution is -2.70. The molecular formula is C30H29BrF2N4O4. The summed E-state index contributed by atoms with van der Waals surface area (Å²) in [6.45, 7) is 0.544. The summed E-state index contributed by atoms with van der Waals surface area (Å²) in [7, 11) is 0. The quantitative estimate of drug-likeness (QED) is 0.468. The normalized spacial score (nSPS) is 30.0. The SMILES string of the molecule is N#C[C@H](C[C@@H]1CCCNC1=O)NC(=O)[C@H]1[C@@H]2CC[C@@H](CC2(F)F)N1C(=O)[C@]1(O)c2ccccc2-c2ccc(Br)cc21. The zero-order chi connectivity index (χ0) is 29.1. The summed E-state index contributed by atoms with van der Waals surface area (Å²) in [5, 5.41) is 27.3. The molecule has 214 valence electrons. The van der Waals surface area contributed by atoms with Gasteiger partial charge in [-0.2, -0.15) is 5.26 Å². The van der Waals surface area contributed by atoms with Crippen LogP contribution in [-0.2, 0) is 20.0 Å². The van der Waals surface area contributed by atoms with Crippen molar-refractivity contribution in [1.82, 2.24) is 15.5 Å². The van der Waals surface area contributed by atoms with Crippen LogP contribution in [0.3, 0.4) is 0 Å². The van der Waals surface area contributed by atoms with Gasteiger partial charge >= 0.3 is 0 Å². The maximum Gasteiger partial charge on any atom is 0.264 e. The van der Waals surface area contributed by atoms with Crippen LogP contribution in [0.15, 0.2) is 46.9 Å². The number of nitrogens with one attached hydrogen (secondary N) is 2. The largest absolute Gasteiger partial charge is 0.372 e. The highest BCUT2D eigenvalue weighted by Gasteiger charge is 2.63. The van der Waals surface area contributed by atoms with Crippen LogP contribution >= 0.6 is 15.9 Å². The van der Waals surface area contributed by atoms with Crippen molar-refractivity contribution < 1.29 is 28.3 Å². The summed E-state index contributed by atoms with van der Waals surface area (Å²) in [5.41, 5.74) is -0.277. The van der Waals surface area contributed by atoms with E-state index >= 15 is 8.78 Å². The molecule has 3 saturated heterocycles. The number of nitriles is 1. The number of piperidine rings is 3. The molecule has 11 heteroatoms. The fourth-order valence-electron chi connectivity index (χ4n) is 7.19. The Morgan fingerprint density at radius 1 is 1.17 bits per heavy atom. The van der Waals surface area contributed by atoms with Crippen LogP contribution in [0, 0.1) is 23.2 Å². The number of hydrogen-bond acceptors (Lipinski definition) is 5. The second kappa shape index (κ2) is 10.2. The lowest BCUT2D eigenvalue weighted by molar-refractivity contribution is -0.201. The fraction of sp³-hybridized carbons (Fsp3) is 0.467. The van der Waals surface area contributed by atoms with Gasteiger partial charge in [0.25, 0.3) is 11.8 Å². The molecule has 1 saturated carbocycles. The number of carbonyl (C=O) groups excluding carboxylic acids is 3. The lowest BCUT2D eigenvalue weighted by Gasteiger charge is -2.54. The van der Waals surface area contributed by atoms with E-state index in [1.807, 2.05) is 6.07 Å². The van der Waals surface area contributed by atoms with Crippen LogP contribution in [0.25, 0.3) is 11.1 Å². The predicted molar refractivity (Wildman–Crippen MR) is 147 cm³/mol. The monoisotopic (exact) mass is 626 g/mol. The molecule has 0 unspecified atom stereocenters. The Morgan fingerprint density at radius 3 is 2.66 bits per heavy atom. The Labute approximate surface area is 244 Å². The molecule has 2 aromatic rings. The topological polar surface area (TPSA) is 123 Å². The molecule has 0 spiro atoms. The van der Waals surface area contributed by atoms with E-state index in [1.54, 1.807) is 42.5 Å². The summed E-state index contributed by atoms with van der Waals surface area (Å²) in [4.78, 5) is 41.7. The first-order valence-corrected chi connectivity index (χ1v) is 14.7. The van der Waals surface area contributed by atoms with Crippen molar-refractivity contribution in [3.05, 3.63) is 58.1 Å². The number of alkyl halides is 2. The molecule has 7 rings (SSSR count). The molecule has 2 aromatic carbocycles. The number of amides is 3. The van der Waals surface area contributed by atoms with E-state index in [9.17, 15) is 24.8 Å².